The lowest BCUT2D eigenvalue weighted by atomic mass is 9.87. The van der Waals surface area contributed by atoms with E-state index in [0.29, 0.717) is 26.0 Å². The van der Waals surface area contributed by atoms with Gasteiger partial charge in [0, 0.05) is 26.7 Å². The van der Waals surface area contributed by atoms with Gasteiger partial charge in [-0.25, -0.2) is 4.79 Å². The maximum atomic E-state index is 12.6. The number of likely N-dealkylation sites (tertiary alicyclic amines) is 1. The predicted molar refractivity (Wildman–Crippen MR) is 85.8 cm³/mol. The van der Waals surface area contributed by atoms with E-state index in [1.54, 1.807) is 7.11 Å². The van der Waals surface area contributed by atoms with Crippen LogP contribution in [-0.4, -0.2) is 60.6 Å². The first kappa shape index (κ1) is 16.0. The number of rotatable bonds is 5. The summed E-state index contributed by atoms with van der Waals surface area (Å²) in [6.07, 6.45) is 1.32. The Morgan fingerprint density at radius 1 is 1.17 bits per heavy atom. The topological polar surface area (TPSA) is 61.9 Å². The third-order valence-electron chi connectivity index (χ3n) is 4.72. The number of benzene rings is 1. The second kappa shape index (κ2) is 6.68. The van der Waals surface area contributed by atoms with Crippen molar-refractivity contribution in [3.63, 3.8) is 0 Å². The van der Waals surface area contributed by atoms with Crippen LogP contribution in [0.2, 0.25) is 0 Å². The molecule has 2 aliphatic rings. The van der Waals surface area contributed by atoms with E-state index in [-0.39, 0.29) is 11.9 Å². The fourth-order valence-electron chi connectivity index (χ4n) is 3.34. The maximum Gasteiger partial charge on any atom is 0.325 e. The first-order chi connectivity index (χ1) is 11.1. The molecule has 0 bridgehead atoms. The molecule has 1 aromatic carbocycles. The number of hydrogen-bond donors (Lipinski definition) is 1. The molecule has 0 aromatic heterocycles. The number of amides is 3. The standard InChI is InChI=1S/C17H23N3O3/c1-23-12-11-20-15(21)17(18-16(20)22)7-9-19(10-8-17)13-14-5-3-2-4-6-14/h2-6H,7-13H2,1H3,(H,18,22). The normalized spacial score (nSPS) is 21.0. The predicted octanol–water partition coefficient (Wildman–Crippen LogP) is 1.22. The monoisotopic (exact) mass is 317 g/mol. The van der Waals surface area contributed by atoms with Crippen LogP contribution in [0.3, 0.4) is 0 Å². The number of imide groups is 1. The average Bonchev–Trinajstić information content (AvgIpc) is 2.79. The first-order valence-corrected chi connectivity index (χ1v) is 8.04. The Balaban J connectivity index is 1.59. The summed E-state index contributed by atoms with van der Waals surface area (Å²) in [7, 11) is 1.57. The molecule has 0 unspecified atom stereocenters. The summed E-state index contributed by atoms with van der Waals surface area (Å²) in [6, 6.07) is 10.0. The zero-order valence-electron chi connectivity index (χ0n) is 13.5. The zero-order valence-corrected chi connectivity index (χ0v) is 13.5. The zero-order chi connectivity index (χ0) is 16.3. The number of nitrogens with one attached hydrogen (secondary N) is 1. The molecule has 1 aromatic rings. The molecule has 2 aliphatic heterocycles. The Morgan fingerprint density at radius 2 is 1.87 bits per heavy atom. The third-order valence-corrected chi connectivity index (χ3v) is 4.72. The first-order valence-electron chi connectivity index (χ1n) is 8.04. The molecular weight excluding hydrogens is 294 g/mol. The SMILES string of the molecule is COCCN1C(=O)NC2(CCN(Cc3ccccc3)CC2)C1=O. The second-order valence-electron chi connectivity index (χ2n) is 6.22. The molecule has 0 saturated carbocycles. The molecule has 124 valence electrons. The van der Waals surface area contributed by atoms with Crippen LogP contribution in [0.4, 0.5) is 4.79 Å². The summed E-state index contributed by atoms with van der Waals surface area (Å²) in [5.41, 5.74) is 0.560. The van der Waals surface area contributed by atoms with Crippen molar-refractivity contribution in [2.45, 2.75) is 24.9 Å². The van der Waals surface area contributed by atoms with E-state index in [2.05, 4.69) is 22.3 Å². The van der Waals surface area contributed by atoms with E-state index in [4.69, 9.17) is 4.74 Å². The number of carbonyl (C=O) groups excluding carboxylic acids is 2. The minimum Gasteiger partial charge on any atom is -0.383 e. The van der Waals surface area contributed by atoms with Crippen molar-refractivity contribution >= 4 is 11.9 Å². The molecule has 0 atom stereocenters. The number of carbonyl (C=O) groups is 2. The van der Waals surface area contributed by atoms with Crippen molar-refractivity contribution in [3.8, 4) is 0 Å². The summed E-state index contributed by atoms with van der Waals surface area (Å²) < 4.78 is 4.98. The Bertz CT molecular complexity index is 568. The van der Waals surface area contributed by atoms with E-state index in [9.17, 15) is 9.59 Å². The molecule has 0 radical (unpaired) electrons. The second-order valence-corrected chi connectivity index (χ2v) is 6.22. The smallest absolute Gasteiger partial charge is 0.325 e. The van der Waals surface area contributed by atoms with Gasteiger partial charge in [-0.15, -0.1) is 0 Å². The number of urea groups is 1. The van der Waals surface area contributed by atoms with Crippen LogP contribution in [0.15, 0.2) is 30.3 Å². The van der Waals surface area contributed by atoms with Gasteiger partial charge in [0.25, 0.3) is 5.91 Å². The number of hydrogen-bond acceptors (Lipinski definition) is 4. The van der Waals surface area contributed by atoms with Crippen LogP contribution in [0.25, 0.3) is 0 Å². The lowest BCUT2D eigenvalue weighted by Gasteiger charge is -2.37. The molecule has 2 heterocycles. The minimum absolute atomic E-state index is 0.0982. The molecule has 6 nitrogen and oxygen atoms in total. The van der Waals surface area contributed by atoms with Gasteiger partial charge in [0.2, 0.25) is 0 Å². The van der Waals surface area contributed by atoms with Gasteiger partial charge in [-0.05, 0) is 18.4 Å². The third kappa shape index (κ3) is 3.23. The van der Waals surface area contributed by atoms with Crippen molar-refractivity contribution in [2.24, 2.45) is 0 Å². The molecular formula is C17H23N3O3. The minimum atomic E-state index is -0.710. The van der Waals surface area contributed by atoms with Gasteiger partial charge >= 0.3 is 6.03 Å². The summed E-state index contributed by atoms with van der Waals surface area (Å²) in [5, 5.41) is 2.92. The molecule has 1 N–H and O–H groups in total. The molecule has 6 heteroatoms. The maximum absolute atomic E-state index is 12.6. The molecule has 3 amide bonds. The Kier molecular flexibility index (Phi) is 4.63. The van der Waals surface area contributed by atoms with E-state index in [1.165, 1.54) is 10.5 Å². The van der Waals surface area contributed by atoms with E-state index >= 15 is 0 Å². The van der Waals surface area contributed by atoms with Gasteiger partial charge in [-0.2, -0.15) is 0 Å². The number of ether oxygens (including phenoxy) is 1. The highest BCUT2D eigenvalue weighted by Crippen LogP contribution is 2.29. The number of nitrogens with zero attached hydrogens (tertiary/aromatic N) is 2. The largest absolute Gasteiger partial charge is 0.383 e. The van der Waals surface area contributed by atoms with Gasteiger partial charge in [0.05, 0.1) is 13.2 Å². The molecule has 3 rings (SSSR count). The van der Waals surface area contributed by atoms with Crippen molar-refractivity contribution in [3.05, 3.63) is 35.9 Å². The van der Waals surface area contributed by atoms with Crippen LogP contribution in [-0.2, 0) is 16.1 Å². The van der Waals surface area contributed by atoms with E-state index in [0.717, 1.165) is 19.6 Å². The van der Waals surface area contributed by atoms with Gasteiger partial charge in [-0.1, -0.05) is 30.3 Å². The average molecular weight is 317 g/mol. The Labute approximate surface area is 136 Å². The number of methoxy groups -OCH3 is 1. The van der Waals surface area contributed by atoms with Crippen LogP contribution in [0.1, 0.15) is 18.4 Å². The summed E-state index contributed by atoms with van der Waals surface area (Å²) >= 11 is 0. The molecule has 2 fully saturated rings. The van der Waals surface area contributed by atoms with Crippen LogP contribution >= 0.6 is 0 Å². The van der Waals surface area contributed by atoms with Gasteiger partial charge < -0.3 is 10.1 Å². The van der Waals surface area contributed by atoms with Crippen molar-refractivity contribution in [1.82, 2.24) is 15.1 Å². The molecule has 2 saturated heterocycles. The lowest BCUT2D eigenvalue weighted by molar-refractivity contribution is -0.133. The Hall–Kier alpha value is -1.92. The van der Waals surface area contributed by atoms with E-state index in [1.807, 2.05) is 18.2 Å². The van der Waals surface area contributed by atoms with Crippen molar-refractivity contribution in [2.75, 3.05) is 33.4 Å². The van der Waals surface area contributed by atoms with Crippen LogP contribution in [0.5, 0.6) is 0 Å². The summed E-state index contributed by atoms with van der Waals surface area (Å²) in [5.74, 6) is -0.0982. The van der Waals surface area contributed by atoms with Crippen LogP contribution in [0, 0.1) is 0 Å². The fourth-order valence-corrected chi connectivity index (χ4v) is 3.34. The van der Waals surface area contributed by atoms with Gasteiger partial charge in [-0.3, -0.25) is 14.6 Å². The van der Waals surface area contributed by atoms with Gasteiger partial charge in [0.1, 0.15) is 5.54 Å². The summed E-state index contributed by atoms with van der Waals surface area (Å²) in [6.45, 7) is 3.18. The highest BCUT2D eigenvalue weighted by Gasteiger charge is 2.51. The van der Waals surface area contributed by atoms with E-state index < -0.39 is 5.54 Å². The quantitative estimate of drug-likeness (QED) is 0.830. The fraction of sp³-hybridized carbons (Fsp3) is 0.529. The Morgan fingerprint density at radius 3 is 2.52 bits per heavy atom. The van der Waals surface area contributed by atoms with Crippen molar-refractivity contribution in [1.29, 1.82) is 0 Å². The highest BCUT2D eigenvalue weighted by molar-refractivity contribution is 6.07. The molecule has 1 spiro atoms. The molecule has 23 heavy (non-hydrogen) atoms. The summed E-state index contributed by atoms with van der Waals surface area (Å²) in [4.78, 5) is 28.3. The van der Waals surface area contributed by atoms with Gasteiger partial charge in [0.15, 0.2) is 0 Å². The highest BCUT2D eigenvalue weighted by atomic mass is 16.5. The van der Waals surface area contributed by atoms with Crippen molar-refractivity contribution < 1.29 is 14.3 Å². The molecule has 0 aliphatic carbocycles. The number of piperidine rings is 1. The van der Waals surface area contributed by atoms with Crippen LogP contribution < -0.4 is 5.32 Å². The lowest BCUT2D eigenvalue weighted by Crippen LogP contribution is -2.54.